The molecule has 5 nitrogen and oxygen atoms in total. The lowest BCUT2D eigenvalue weighted by Gasteiger charge is -2.27. The molecule has 0 radical (unpaired) electrons. The summed E-state index contributed by atoms with van der Waals surface area (Å²) in [5.74, 6) is -0.288. The summed E-state index contributed by atoms with van der Waals surface area (Å²) in [5, 5.41) is 3.48. The lowest BCUT2D eigenvalue weighted by Crippen LogP contribution is -2.31. The highest BCUT2D eigenvalue weighted by Gasteiger charge is 2.27. The predicted molar refractivity (Wildman–Crippen MR) is 119 cm³/mol. The number of nitrogens with one attached hydrogen (secondary N) is 1. The number of thioether (sulfide) groups is 1. The molecule has 3 rings (SSSR count). The van der Waals surface area contributed by atoms with Crippen LogP contribution in [0.25, 0.3) is 6.08 Å². The first-order chi connectivity index (χ1) is 14.0. The molecular formula is C22H23ClN2O3S. The van der Waals surface area contributed by atoms with Crippen LogP contribution in [0.5, 0.6) is 0 Å². The summed E-state index contributed by atoms with van der Waals surface area (Å²) >= 11 is 7.60. The molecule has 1 aliphatic rings. The van der Waals surface area contributed by atoms with E-state index in [4.69, 9.17) is 16.3 Å². The second-order valence-corrected chi connectivity index (χ2v) is 7.98. The Kier molecular flexibility index (Phi) is 7.36. The molecule has 0 bridgehead atoms. The number of fused-ring (bicyclic) bond motifs is 1. The standard InChI is InChI=1S/C22H23ClN2O3S/c1-3-28-12-6-11-24-21(26)16-9-10-19-18(13-16)25(2)22(27)20(29-19)14-15-7-4-5-8-17(15)23/h4-5,7-10,13-14H,3,6,11-12H2,1-2H3,(H,24,26). The van der Waals surface area contributed by atoms with E-state index in [0.717, 1.165) is 22.6 Å². The first-order valence-electron chi connectivity index (χ1n) is 9.43. The number of carbonyl (C=O) groups excluding carboxylic acids is 2. The number of hydrogen-bond acceptors (Lipinski definition) is 4. The third-order valence-electron chi connectivity index (χ3n) is 4.46. The minimum absolute atomic E-state index is 0.128. The van der Waals surface area contributed by atoms with Gasteiger partial charge in [0.15, 0.2) is 0 Å². The largest absolute Gasteiger partial charge is 0.382 e. The van der Waals surface area contributed by atoms with Crippen molar-refractivity contribution in [1.82, 2.24) is 5.32 Å². The number of benzene rings is 2. The van der Waals surface area contributed by atoms with Crippen molar-refractivity contribution in [2.45, 2.75) is 18.2 Å². The summed E-state index contributed by atoms with van der Waals surface area (Å²) < 4.78 is 5.27. The van der Waals surface area contributed by atoms with Crippen LogP contribution in [0.15, 0.2) is 52.3 Å². The Labute approximate surface area is 180 Å². The molecule has 2 amide bonds. The van der Waals surface area contributed by atoms with Crippen LogP contribution in [0, 0.1) is 0 Å². The molecule has 7 heteroatoms. The van der Waals surface area contributed by atoms with Crippen LogP contribution < -0.4 is 10.2 Å². The third-order valence-corrected chi connectivity index (χ3v) is 5.89. The molecule has 0 aliphatic carbocycles. The van der Waals surface area contributed by atoms with E-state index in [1.807, 2.05) is 31.2 Å². The molecule has 0 saturated carbocycles. The zero-order valence-electron chi connectivity index (χ0n) is 16.4. The van der Waals surface area contributed by atoms with Crippen LogP contribution in [0.2, 0.25) is 5.02 Å². The molecule has 0 unspecified atom stereocenters. The van der Waals surface area contributed by atoms with Crippen molar-refractivity contribution in [2.24, 2.45) is 0 Å². The normalized spacial score (nSPS) is 14.8. The van der Waals surface area contributed by atoms with E-state index in [9.17, 15) is 9.59 Å². The maximum Gasteiger partial charge on any atom is 0.264 e. The average Bonchev–Trinajstić information content (AvgIpc) is 2.73. The van der Waals surface area contributed by atoms with Crippen molar-refractivity contribution >= 4 is 46.9 Å². The minimum Gasteiger partial charge on any atom is -0.382 e. The first-order valence-corrected chi connectivity index (χ1v) is 10.6. The minimum atomic E-state index is -0.160. The van der Waals surface area contributed by atoms with Gasteiger partial charge in [0, 0.05) is 42.3 Å². The highest BCUT2D eigenvalue weighted by atomic mass is 35.5. The summed E-state index contributed by atoms with van der Waals surface area (Å²) in [6.45, 7) is 3.78. The van der Waals surface area contributed by atoms with Gasteiger partial charge in [0.25, 0.3) is 11.8 Å². The lowest BCUT2D eigenvalue weighted by molar-refractivity contribution is -0.114. The van der Waals surface area contributed by atoms with Gasteiger partial charge in [-0.3, -0.25) is 9.59 Å². The Morgan fingerprint density at radius 1 is 1.28 bits per heavy atom. The van der Waals surface area contributed by atoms with E-state index in [0.29, 0.717) is 35.2 Å². The molecule has 1 aliphatic heterocycles. The molecule has 152 valence electrons. The van der Waals surface area contributed by atoms with Crippen LogP contribution in [-0.2, 0) is 9.53 Å². The van der Waals surface area contributed by atoms with Gasteiger partial charge < -0.3 is 15.0 Å². The van der Waals surface area contributed by atoms with Crippen molar-refractivity contribution in [3.63, 3.8) is 0 Å². The van der Waals surface area contributed by atoms with Crippen molar-refractivity contribution in [3.8, 4) is 0 Å². The van der Waals surface area contributed by atoms with Crippen LogP contribution in [0.1, 0.15) is 29.3 Å². The molecule has 0 aromatic heterocycles. The third kappa shape index (κ3) is 5.21. The van der Waals surface area contributed by atoms with Crippen molar-refractivity contribution in [3.05, 3.63) is 63.5 Å². The van der Waals surface area contributed by atoms with Crippen LogP contribution in [0.4, 0.5) is 5.69 Å². The second kappa shape index (κ2) is 9.96. The number of anilines is 1. The summed E-state index contributed by atoms with van der Waals surface area (Å²) in [6, 6.07) is 12.8. The maximum atomic E-state index is 12.8. The molecule has 1 N–H and O–H groups in total. The number of nitrogens with zero attached hydrogens (tertiary/aromatic N) is 1. The van der Waals surface area contributed by atoms with E-state index >= 15 is 0 Å². The average molecular weight is 431 g/mol. The van der Waals surface area contributed by atoms with Crippen LogP contribution in [-0.4, -0.2) is 38.6 Å². The van der Waals surface area contributed by atoms with Gasteiger partial charge in [-0.05, 0) is 49.2 Å². The Morgan fingerprint density at radius 2 is 2.07 bits per heavy atom. The monoisotopic (exact) mass is 430 g/mol. The Hall–Kier alpha value is -2.28. The number of carbonyl (C=O) groups is 2. The van der Waals surface area contributed by atoms with Crippen LogP contribution in [0.3, 0.4) is 0 Å². The molecule has 1 heterocycles. The Balaban J connectivity index is 1.76. The lowest BCUT2D eigenvalue weighted by atomic mass is 10.1. The fourth-order valence-electron chi connectivity index (χ4n) is 2.89. The van der Waals surface area contributed by atoms with Gasteiger partial charge in [-0.2, -0.15) is 0 Å². The number of likely N-dealkylation sites (N-methyl/N-ethyl adjacent to an activating group) is 1. The van der Waals surface area contributed by atoms with Crippen LogP contribution >= 0.6 is 23.4 Å². The first kappa shape index (κ1) is 21.4. The summed E-state index contributed by atoms with van der Waals surface area (Å²) in [6.07, 6.45) is 2.56. The topological polar surface area (TPSA) is 58.6 Å². The molecule has 0 fully saturated rings. The molecule has 29 heavy (non-hydrogen) atoms. The van der Waals surface area contributed by atoms with Gasteiger partial charge in [0.1, 0.15) is 0 Å². The molecule has 2 aromatic rings. The van der Waals surface area contributed by atoms with Gasteiger partial charge in [-0.1, -0.05) is 41.6 Å². The van der Waals surface area contributed by atoms with E-state index in [-0.39, 0.29) is 11.8 Å². The van der Waals surface area contributed by atoms with Gasteiger partial charge in [-0.15, -0.1) is 0 Å². The predicted octanol–water partition coefficient (Wildman–Crippen LogP) is 4.61. The fourth-order valence-corrected chi connectivity index (χ4v) is 4.16. The number of ether oxygens (including phenoxy) is 1. The number of rotatable bonds is 7. The maximum absolute atomic E-state index is 12.8. The summed E-state index contributed by atoms with van der Waals surface area (Å²) in [7, 11) is 1.71. The highest BCUT2D eigenvalue weighted by molar-refractivity contribution is 8.04. The smallest absolute Gasteiger partial charge is 0.264 e. The van der Waals surface area contributed by atoms with Gasteiger partial charge in [-0.25, -0.2) is 0 Å². The molecule has 0 saturated heterocycles. The van der Waals surface area contributed by atoms with Crippen molar-refractivity contribution in [1.29, 1.82) is 0 Å². The number of hydrogen-bond donors (Lipinski definition) is 1. The van der Waals surface area contributed by atoms with E-state index < -0.39 is 0 Å². The van der Waals surface area contributed by atoms with Crippen molar-refractivity contribution in [2.75, 3.05) is 31.7 Å². The molecular weight excluding hydrogens is 408 g/mol. The van der Waals surface area contributed by atoms with Gasteiger partial charge in [0.2, 0.25) is 0 Å². The Morgan fingerprint density at radius 3 is 2.83 bits per heavy atom. The van der Waals surface area contributed by atoms with Gasteiger partial charge in [0.05, 0.1) is 10.6 Å². The fraction of sp³-hybridized carbons (Fsp3) is 0.273. The summed E-state index contributed by atoms with van der Waals surface area (Å²) in [4.78, 5) is 28.3. The SMILES string of the molecule is CCOCCCNC(=O)c1ccc2c(c1)N(C)C(=O)C(=Cc1ccccc1Cl)S2. The molecule has 0 spiro atoms. The second-order valence-electron chi connectivity index (χ2n) is 6.49. The van der Waals surface area contributed by atoms with E-state index in [2.05, 4.69) is 5.32 Å². The zero-order valence-corrected chi connectivity index (χ0v) is 18.0. The van der Waals surface area contributed by atoms with E-state index in [1.165, 1.54) is 11.8 Å². The number of halogens is 1. The molecule has 0 atom stereocenters. The zero-order chi connectivity index (χ0) is 20.8. The summed E-state index contributed by atoms with van der Waals surface area (Å²) in [5.41, 5.74) is 2.04. The quantitative estimate of drug-likeness (QED) is 0.515. The van der Waals surface area contributed by atoms with Crippen molar-refractivity contribution < 1.29 is 14.3 Å². The number of amides is 2. The van der Waals surface area contributed by atoms with E-state index in [1.54, 1.807) is 36.2 Å². The highest BCUT2D eigenvalue weighted by Crippen LogP contribution is 2.42. The van der Waals surface area contributed by atoms with Gasteiger partial charge >= 0.3 is 0 Å². The molecule has 2 aromatic carbocycles. The Bertz CT molecular complexity index is 945.